The molecule has 0 saturated carbocycles. The zero-order valence-corrected chi connectivity index (χ0v) is 18.5. The molecule has 9 nitrogen and oxygen atoms in total. The molecule has 0 saturated heterocycles. The van der Waals surface area contributed by atoms with Crippen molar-refractivity contribution in [2.45, 2.75) is 33.7 Å². The van der Waals surface area contributed by atoms with E-state index in [1.165, 1.54) is 17.5 Å². The van der Waals surface area contributed by atoms with E-state index in [2.05, 4.69) is 30.9 Å². The van der Waals surface area contributed by atoms with Crippen LogP contribution in [-0.2, 0) is 4.74 Å². The lowest BCUT2D eigenvalue weighted by Crippen LogP contribution is -2.39. The third-order valence-electron chi connectivity index (χ3n) is 3.93. The maximum absolute atomic E-state index is 12.0. The van der Waals surface area contributed by atoms with Crippen LogP contribution in [0.1, 0.15) is 57.5 Å². The Morgan fingerprint density at radius 1 is 1.30 bits per heavy atom. The van der Waals surface area contributed by atoms with E-state index in [1.54, 1.807) is 32.2 Å². The molecule has 2 heterocycles. The molecule has 0 bridgehead atoms. The Morgan fingerprint density at radius 3 is 2.77 bits per heavy atom. The summed E-state index contributed by atoms with van der Waals surface area (Å²) >= 11 is 1.31. The number of esters is 1. The second-order valence-corrected chi connectivity index (χ2v) is 7.34. The molecule has 30 heavy (non-hydrogen) atoms. The molecule has 162 valence electrons. The van der Waals surface area contributed by atoms with Crippen LogP contribution in [0.3, 0.4) is 0 Å². The number of pyridine rings is 1. The molecular formula is C20H28N6O3S. The fraction of sp³-hybridized carbons (Fsp3) is 0.450. The van der Waals surface area contributed by atoms with Gasteiger partial charge < -0.3 is 20.7 Å². The van der Waals surface area contributed by atoms with Gasteiger partial charge in [0, 0.05) is 25.5 Å². The lowest BCUT2D eigenvalue weighted by molar-refractivity contribution is 0.0531. The van der Waals surface area contributed by atoms with Crippen LogP contribution in [0.5, 0.6) is 0 Å². The van der Waals surface area contributed by atoms with E-state index < -0.39 is 0 Å². The summed E-state index contributed by atoms with van der Waals surface area (Å²) in [5, 5.41) is 10.0. The zero-order valence-electron chi connectivity index (χ0n) is 17.7. The van der Waals surface area contributed by atoms with Crippen LogP contribution in [0.4, 0.5) is 0 Å². The Labute approximate surface area is 180 Å². The predicted octanol–water partition coefficient (Wildman–Crippen LogP) is 2.07. The molecule has 2 aromatic heterocycles. The summed E-state index contributed by atoms with van der Waals surface area (Å²) in [6.45, 7) is 9.30. The number of thiazole rings is 1. The van der Waals surface area contributed by atoms with Gasteiger partial charge in [-0.25, -0.2) is 9.78 Å². The van der Waals surface area contributed by atoms with E-state index in [0.717, 1.165) is 5.01 Å². The van der Waals surface area contributed by atoms with Crippen molar-refractivity contribution in [2.24, 2.45) is 4.99 Å². The molecule has 0 radical (unpaired) electrons. The van der Waals surface area contributed by atoms with Crippen LogP contribution in [0.15, 0.2) is 29.5 Å². The van der Waals surface area contributed by atoms with Crippen LogP contribution in [-0.4, -0.2) is 54.0 Å². The number of aryl methyl sites for hydroxylation is 1. The number of hydrogen-bond acceptors (Lipinski definition) is 7. The largest absolute Gasteiger partial charge is 0.462 e. The standard InChI is InChI=1S/C20H28N6O3S/c1-5-22-20(24-11-10-23-17(27)15-8-7-9-21-12-15)26-14(4)18-25-13(3)16(30-18)19(28)29-6-2/h7-9,12,14H,5-6,10-11H2,1-4H3,(H,23,27)(H2,22,24,26). The van der Waals surface area contributed by atoms with E-state index in [4.69, 9.17) is 4.74 Å². The minimum absolute atomic E-state index is 0.153. The van der Waals surface area contributed by atoms with Gasteiger partial charge in [-0.2, -0.15) is 0 Å². The molecule has 0 aromatic carbocycles. The summed E-state index contributed by atoms with van der Waals surface area (Å²) in [5.41, 5.74) is 1.17. The molecule has 1 atom stereocenters. The van der Waals surface area contributed by atoms with Gasteiger partial charge in [0.1, 0.15) is 9.88 Å². The van der Waals surface area contributed by atoms with Gasteiger partial charge in [0.2, 0.25) is 0 Å². The average Bonchev–Trinajstić information content (AvgIpc) is 3.14. The fourth-order valence-electron chi connectivity index (χ4n) is 2.51. The number of aromatic nitrogens is 2. The Kier molecular flexibility index (Phi) is 9.20. The Hall–Kier alpha value is -3.01. The van der Waals surface area contributed by atoms with Crippen molar-refractivity contribution in [3.05, 3.63) is 45.7 Å². The van der Waals surface area contributed by atoms with Gasteiger partial charge in [-0.15, -0.1) is 11.3 Å². The summed E-state index contributed by atoms with van der Waals surface area (Å²) in [7, 11) is 0. The third-order valence-corrected chi connectivity index (χ3v) is 5.25. The highest BCUT2D eigenvalue weighted by atomic mass is 32.1. The van der Waals surface area contributed by atoms with Gasteiger partial charge in [-0.1, -0.05) is 0 Å². The van der Waals surface area contributed by atoms with Gasteiger partial charge in [-0.3, -0.25) is 14.8 Å². The number of guanidine groups is 1. The number of amides is 1. The number of hydrogen-bond donors (Lipinski definition) is 3. The zero-order chi connectivity index (χ0) is 21.9. The highest BCUT2D eigenvalue weighted by molar-refractivity contribution is 7.13. The topological polar surface area (TPSA) is 118 Å². The highest BCUT2D eigenvalue weighted by Gasteiger charge is 2.20. The second kappa shape index (κ2) is 11.9. The minimum atomic E-state index is -0.351. The normalized spacial score (nSPS) is 12.2. The first-order chi connectivity index (χ1) is 14.5. The fourth-order valence-corrected chi connectivity index (χ4v) is 3.47. The van der Waals surface area contributed by atoms with Crippen LogP contribution >= 0.6 is 11.3 Å². The van der Waals surface area contributed by atoms with Gasteiger partial charge in [0.05, 0.1) is 30.5 Å². The summed E-state index contributed by atoms with van der Waals surface area (Å²) in [6.07, 6.45) is 3.14. The Bertz CT molecular complexity index is 869. The highest BCUT2D eigenvalue weighted by Crippen LogP contribution is 2.24. The lowest BCUT2D eigenvalue weighted by Gasteiger charge is -2.16. The number of carbonyl (C=O) groups is 2. The Morgan fingerprint density at radius 2 is 2.10 bits per heavy atom. The lowest BCUT2D eigenvalue weighted by atomic mass is 10.3. The molecule has 2 aromatic rings. The smallest absolute Gasteiger partial charge is 0.350 e. The Balaban J connectivity index is 1.93. The number of ether oxygens (including phenoxy) is 1. The van der Waals surface area contributed by atoms with Crippen molar-refractivity contribution >= 4 is 29.2 Å². The third kappa shape index (κ3) is 6.80. The van der Waals surface area contributed by atoms with Crippen molar-refractivity contribution in [1.29, 1.82) is 0 Å². The number of nitrogens with zero attached hydrogens (tertiary/aromatic N) is 3. The maximum Gasteiger partial charge on any atom is 0.350 e. The molecule has 1 amide bonds. The summed E-state index contributed by atoms with van der Waals surface area (Å²) in [6, 6.07) is 3.27. The van der Waals surface area contributed by atoms with Crippen LogP contribution in [0.2, 0.25) is 0 Å². The van der Waals surface area contributed by atoms with Crippen LogP contribution in [0.25, 0.3) is 0 Å². The van der Waals surface area contributed by atoms with E-state index in [9.17, 15) is 9.59 Å². The average molecular weight is 433 g/mol. The van der Waals surface area contributed by atoms with Crippen molar-refractivity contribution in [3.8, 4) is 0 Å². The SMILES string of the molecule is CCNC(=NCCNC(=O)c1cccnc1)NC(C)c1nc(C)c(C(=O)OCC)s1. The first-order valence-electron chi connectivity index (χ1n) is 9.83. The van der Waals surface area contributed by atoms with Gasteiger partial charge in [0.15, 0.2) is 5.96 Å². The summed E-state index contributed by atoms with van der Waals surface area (Å²) in [4.78, 5) is 37.5. The monoisotopic (exact) mass is 432 g/mol. The molecular weight excluding hydrogens is 404 g/mol. The van der Waals surface area contributed by atoms with Gasteiger partial charge in [0.25, 0.3) is 5.91 Å². The number of rotatable bonds is 9. The van der Waals surface area contributed by atoms with Crippen molar-refractivity contribution < 1.29 is 14.3 Å². The van der Waals surface area contributed by atoms with E-state index >= 15 is 0 Å². The van der Waals surface area contributed by atoms with E-state index in [0.29, 0.717) is 48.3 Å². The van der Waals surface area contributed by atoms with Crippen LogP contribution < -0.4 is 16.0 Å². The second-order valence-electron chi connectivity index (χ2n) is 6.31. The molecule has 0 fully saturated rings. The molecule has 0 aliphatic rings. The first-order valence-corrected chi connectivity index (χ1v) is 10.6. The molecule has 0 spiro atoms. The van der Waals surface area contributed by atoms with E-state index in [1.807, 2.05) is 13.8 Å². The molecule has 2 rings (SSSR count). The maximum atomic E-state index is 12.0. The first kappa shape index (κ1) is 23.3. The van der Waals surface area contributed by atoms with Crippen molar-refractivity contribution in [1.82, 2.24) is 25.9 Å². The number of nitrogens with one attached hydrogen (secondary N) is 3. The van der Waals surface area contributed by atoms with Gasteiger partial charge in [-0.05, 0) is 39.8 Å². The molecule has 0 aliphatic heterocycles. The molecule has 10 heteroatoms. The number of carbonyl (C=O) groups excluding carboxylic acids is 2. The van der Waals surface area contributed by atoms with Crippen LogP contribution in [0, 0.1) is 6.92 Å². The van der Waals surface area contributed by atoms with Crippen molar-refractivity contribution in [2.75, 3.05) is 26.2 Å². The van der Waals surface area contributed by atoms with E-state index in [-0.39, 0.29) is 17.9 Å². The molecule has 1 unspecified atom stereocenters. The summed E-state index contributed by atoms with van der Waals surface area (Å²) in [5.74, 6) is 0.0661. The molecule has 0 aliphatic carbocycles. The number of aliphatic imine (C=N–C) groups is 1. The predicted molar refractivity (Wildman–Crippen MR) is 117 cm³/mol. The molecule has 3 N–H and O–H groups in total. The van der Waals surface area contributed by atoms with Gasteiger partial charge >= 0.3 is 5.97 Å². The quantitative estimate of drug-likeness (QED) is 0.240. The van der Waals surface area contributed by atoms with Crippen molar-refractivity contribution in [3.63, 3.8) is 0 Å². The minimum Gasteiger partial charge on any atom is -0.462 e. The summed E-state index contributed by atoms with van der Waals surface area (Å²) < 4.78 is 5.07.